The average molecular weight is 367 g/mol. The summed E-state index contributed by atoms with van der Waals surface area (Å²) in [6, 6.07) is 6.19. The van der Waals surface area contributed by atoms with Gasteiger partial charge in [0.2, 0.25) is 12.4 Å². The standard InChI is InChI=1S/C20H25N5O2/c1-14(2)17-6-4-5-15(3)18(17)23-20-21-11-16(12-22-20)19(27)25-9-7-24(13-26)8-10-25/h4-6,11-14H,7-10H2,1-3H3,(H,21,22,23). The quantitative estimate of drug-likeness (QED) is 0.822. The number of hydrogen-bond acceptors (Lipinski definition) is 5. The van der Waals surface area contributed by atoms with Crippen LogP contribution in [0.1, 0.15) is 41.3 Å². The predicted molar refractivity (Wildman–Crippen MR) is 104 cm³/mol. The molecule has 0 unspecified atom stereocenters. The number of carbonyl (C=O) groups excluding carboxylic acids is 2. The molecule has 7 heteroatoms. The molecule has 0 bridgehead atoms. The van der Waals surface area contributed by atoms with Crippen molar-refractivity contribution in [2.24, 2.45) is 0 Å². The summed E-state index contributed by atoms with van der Waals surface area (Å²) in [5.41, 5.74) is 3.79. The third-order valence-electron chi connectivity index (χ3n) is 4.81. The van der Waals surface area contributed by atoms with E-state index in [2.05, 4.69) is 35.2 Å². The Kier molecular flexibility index (Phi) is 5.69. The summed E-state index contributed by atoms with van der Waals surface area (Å²) in [6.45, 7) is 8.50. The molecule has 0 saturated carbocycles. The molecule has 0 radical (unpaired) electrons. The summed E-state index contributed by atoms with van der Waals surface area (Å²) < 4.78 is 0. The molecule has 0 spiro atoms. The first kappa shape index (κ1) is 18.8. The van der Waals surface area contributed by atoms with Crippen LogP contribution in [-0.2, 0) is 4.79 Å². The second-order valence-corrected chi connectivity index (χ2v) is 7.05. The number of benzene rings is 1. The minimum Gasteiger partial charge on any atom is -0.342 e. The lowest BCUT2D eigenvalue weighted by atomic mass is 9.98. The zero-order chi connectivity index (χ0) is 19.4. The van der Waals surface area contributed by atoms with Gasteiger partial charge in [-0.1, -0.05) is 32.0 Å². The molecular weight excluding hydrogens is 342 g/mol. The van der Waals surface area contributed by atoms with E-state index in [0.29, 0.717) is 43.6 Å². The maximum absolute atomic E-state index is 12.6. The fourth-order valence-corrected chi connectivity index (χ4v) is 3.17. The van der Waals surface area contributed by atoms with Gasteiger partial charge >= 0.3 is 0 Å². The fraction of sp³-hybridized carbons (Fsp3) is 0.400. The molecule has 1 aliphatic heterocycles. The summed E-state index contributed by atoms with van der Waals surface area (Å²) >= 11 is 0. The number of para-hydroxylation sites is 1. The molecule has 1 fully saturated rings. The van der Waals surface area contributed by atoms with Crippen LogP contribution >= 0.6 is 0 Å². The van der Waals surface area contributed by atoms with Crippen LogP contribution in [-0.4, -0.2) is 58.3 Å². The van der Waals surface area contributed by atoms with Crippen molar-refractivity contribution in [1.82, 2.24) is 19.8 Å². The molecule has 1 aliphatic rings. The van der Waals surface area contributed by atoms with Crippen molar-refractivity contribution in [2.45, 2.75) is 26.7 Å². The maximum atomic E-state index is 12.6. The number of nitrogens with zero attached hydrogens (tertiary/aromatic N) is 4. The molecule has 142 valence electrons. The molecule has 2 aromatic rings. The minimum absolute atomic E-state index is 0.106. The lowest BCUT2D eigenvalue weighted by Crippen LogP contribution is -2.48. The molecule has 3 rings (SSSR count). The van der Waals surface area contributed by atoms with Crippen molar-refractivity contribution in [3.05, 3.63) is 47.3 Å². The lowest BCUT2D eigenvalue weighted by molar-refractivity contribution is -0.119. The van der Waals surface area contributed by atoms with Gasteiger partial charge in [-0.25, -0.2) is 9.97 Å². The topological polar surface area (TPSA) is 78.4 Å². The van der Waals surface area contributed by atoms with Crippen molar-refractivity contribution in [3.8, 4) is 0 Å². The van der Waals surface area contributed by atoms with Crippen molar-refractivity contribution in [1.29, 1.82) is 0 Å². The molecule has 1 saturated heterocycles. The van der Waals surface area contributed by atoms with Crippen LogP contribution in [0.15, 0.2) is 30.6 Å². The van der Waals surface area contributed by atoms with Crippen LogP contribution in [0.25, 0.3) is 0 Å². The van der Waals surface area contributed by atoms with Crippen molar-refractivity contribution < 1.29 is 9.59 Å². The highest BCUT2D eigenvalue weighted by Gasteiger charge is 2.22. The summed E-state index contributed by atoms with van der Waals surface area (Å²) in [5.74, 6) is 0.734. The van der Waals surface area contributed by atoms with E-state index >= 15 is 0 Å². The second kappa shape index (κ2) is 8.16. The van der Waals surface area contributed by atoms with Crippen LogP contribution in [0.2, 0.25) is 0 Å². The number of aromatic nitrogens is 2. The molecule has 7 nitrogen and oxygen atoms in total. The van der Waals surface area contributed by atoms with Crippen LogP contribution in [0.4, 0.5) is 11.6 Å². The predicted octanol–water partition coefficient (Wildman–Crippen LogP) is 2.57. The van der Waals surface area contributed by atoms with Crippen molar-refractivity contribution in [3.63, 3.8) is 0 Å². The number of piperazine rings is 1. The minimum atomic E-state index is -0.106. The number of hydrogen-bond donors (Lipinski definition) is 1. The summed E-state index contributed by atoms with van der Waals surface area (Å²) in [5, 5.41) is 3.29. The summed E-state index contributed by atoms with van der Waals surface area (Å²) in [4.78, 5) is 35.4. The number of rotatable bonds is 5. The number of carbonyl (C=O) groups is 2. The van der Waals surface area contributed by atoms with Gasteiger partial charge in [0.05, 0.1) is 5.56 Å². The zero-order valence-corrected chi connectivity index (χ0v) is 16.0. The Hall–Kier alpha value is -2.96. The van der Waals surface area contributed by atoms with Gasteiger partial charge in [-0.05, 0) is 24.0 Å². The fourth-order valence-electron chi connectivity index (χ4n) is 3.17. The van der Waals surface area contributed by atoms with E-state index in [0.717, 1.165) is 17.7 Å². The molecular formula is C20H25N5O2. The Balaban J connectivity index is 1.71. The van der Waals surface area contributed by atoms with Gasteiger partial charge in [-0.15, -0.1) is 0 Å². The average Bonchev–Trinajstić information content (AvgIpc) is 2.69. The van der Waals surface area contributed by atoms with Gasteiger partial charge < -0.3 is 15.1 Å². The van der Waals surface area contributed by atoms with Gasteiger partial charge in [-0.2, -0.15) is 0 Å². The Morgan fingerprint density at radius 2 is 1.81 bits per heavy atom. The zero-order valence-electron chi connectivity index (χ0n) is 16.0. The Bertz CT molecular complexity index is 812. The van der Waals surface area contributed by atoms with Gasteiger partial charge in [0.25, 0.3) is 5.91 Å². The maximum Gasteiger partial charge on any atom is 0.257 e. The molecule has 27 heavy (non-hydrogen) atoms. The smallest absolute Gasteiger partial charge is 0.257 e. The van der Waals surface area contributed by atoms with Gasteiger partial charge in [-0.3, -0.25) is 9.59 Å². The monoisotopic (exact) mass is 367 g/mol. The Morgan fingerprint density at radius 3 is 2.41 bits per heavy atom. The van der Waals surface area contributed by atoms with Crippen molar-refractivity contribution in [2.75, 3.05) is 31.5 Å². The molecule has 0 atom stereocenters. The molecule has 2 amide bonds. The van der Waals surface area contributed by atoms with E-state index in [1.807, 2.05) is 19.1 Å². The van der Waals surface area contributed by atoms with Crippen LogP contribution in [0.3, 0.4) is 0 Å². The second-order valence-electron chi connectivity index (χ2n) is 7.05. The van der Waals surface area contributed by atoms with E-state index in [4.69, 9.17) is 0 Å². The summed E-state index contributed by atoms with van der Waals surface area (Å²) in [6.07, 6.45) is 3.93. The number of nitrogens with one attached hydrogen (secondary N) is 1. The van der Waals surface area contributed by atoms with E-state index < -0.39 is 0 Å². The van der Waals surface area contributed by atoms with E-state index in [-0.39, 0.29) is 5.91 Å². The third-order valence-corrected chi connectivity index (χ3v) is 4.81. The molecule has 1 N–H and O–H groups in total. The van der Waals surface area contributed by atoms with Crippen LogP contribution in [0.5, 0.6) is 0 Å². The number of aryl methyl sites for hydroxylation is 1. The van der Waals surface area contributed by atoms with Gasteiger partial charge in [0.15, 0.2) is 0 Å². The van der Waals surface area contributed by atoms with Gasteiger partial charge in [0.1, 0.15) is 0 Å². The molecule has 2 heterocycles. The van der Waals surface area contributed by atoms with Gasteiger partial charge in [0, 0.05) is 44.3 Å². The first-order chi connectivity index (χ1) is 13.0. The largest absolute Gasteiger partial charge is 0.342 e. The lowest BCUT2D eigenvalue weighted by Gasteiger charge is -2.32. The highest BCUT2D eigenvalue weighted by atomic mass is 16.2. The van der Waals surface area contributed by atoms with Crippen LogP contribution < -0.4 is 5.32 Å². The molecule has 1 aromatic carbocycles. The molecule has 0 aliphatic carbocycles. The third kappa shape index (κ3) is 4.24. The Morgan fingerprint density at radius 1 is 1.15 bits per heavy atom. The van der Waals surface area contributed by atoms with E-state index in [1.54, 1.807) is 22.2 Å². The Labute approximate surface area is 159 Å². The number of anilines is 2. The highest BCUT2D eigenvalue weighted by molar-refractivity contribution is 5.93. The first-order valence-corrected chi connectivity index (χ1v) is 9.16. The summed E-state index contributed by atoms with van der Waals surface area (Å²) in [7, 11) is 0. The first-order valence-electron chi connectivity index (χ1n) is 9.16. The van der Waals surface area contributed by atoms with E-state index in [1.165, 1.54) is 5.56 Å². The number of amides is 2. The van der Waals surface area contributed by atoms with Crippen LogP contribution in [0, 0.1) is 6.92 Å². The molecule has 1 aromatic heterocycles. The highest BCUT2D eigenvalue weighted by Crippen LogP contribution is 2.29. The SMILES string of the molecule is Cc1cccc(C(C)C)c1Nc1ncc(C(=O)N2CCN(C=O)CC2)cn1. The normalized spacial score (nSPS) is 14.4. The van der Waals surface area contributed by atoms with Crippen molar-refractivity contribution >= 4 is 24.0 Å². The van der Waals surface area contributed by atoms with E-state index in [9.17, 15) is 9.59 Å².